The molecule has 0 radical (unpaired) electrons. The highest BCUT2D eigenvalue weighted by atomic mass is 14.4. The van der Waals surface area contributed by atoms with Gasteiger partial charge in [0.05, 0.1) is 0 Å². The molecule has 0 aliphatic heterocycles. The van der Waals surface area contributed by atoms with Crippen molar-refractivity contribution in [3.8, 4) is 0 Å². The first-order valence-electron chi connectivity index (χ1n) is 4.76. The van der Waals surface area contributed by atoms with Crippen molar-refractivity contribution in [2.75, 3.05) is 0 Å². The summed E-state index contributed by atoms with van der Waals surface area (Å²) in [6, 6.07) is 0. The Labute approximate surface area is 70.7 Å². The summed E-state index contributed by atoms with van der Waals surface area (Å²) >= 11 is 0. The Bertz CT molecular complexity index is 172. The lowest BCUT2D eigenvalue weighted by molar-refractivity contribution is 0.639. The first-order valence-corrected chi connectivity index (χ1v) is 4.76. The van der Waals surface area contributed by atoms with Crippen LogP contribution in [0.1, 0.15) is 41.0 Å². The van der Waals surface area contributed by atoms with Gasteiger partial charge in [0, 0.05) is 0 Å². The van der Waals surface area contributed by atoms with Crippen molar-refractivity contribution >= 4 is 0 Å². The standard InChI is InChI=1S/C11H20/c1-7(2)6-10-9(5)11(10)8(3)4/h7-9H,6H2,1-5H3/t9-/m1/s1. The molecular weight excluding hydrogens is 132 g/mol. The Hall–Kier alpha value is -0.260. The van der Waals surface area contributed by atoms with Gasteiger partial charge in [0.25, 0.3) is 0 Å². The van der Waals surface area contributed by atoms with Crippen LogP contribution in [0.5, 0.6) is 0 Å². The van der Waals surface area contributed by atoms with E-state index >= 15 is 0 Å². The first-order chi connectivity index (χ1) is 5.04. The molecule has 0 aromatic carbocycles. The third-order valence-corrected chi connectivity index (χ3v) is 2.53. The lowest BCUT2D eigenvalue weighted by atomic mass is 10.1. The van der Waals surface area contributed by atoms with Crippen molar-refractivity contribution in [3.05, 3.63) is 11.1 Å². The van der Waals surface area contributed by atoms with Gasteiger partial charge in [-0.2, -0.15) is 0 Å². The summed E-state index contributed by atoms with van der Waals surface area (Å²) in [4.78, 5) is 0. The van der Waals surface area contributed by atoms with Crippen LogP contribution in [0.15, 0.2) is 11.1 Å². The van der Waals surface area contributed by atoms with E-state index in [2.05, 4.69) is 34.6 Å². The lowest BCUT2D eigenvalue weighted by Gasteiger charge is -1.97. The van der Waals surface area contributed by atoms with Gasteiger partial charge in [-0.25, -0.2) is 0 Å². The largest absolute Gasteiger partial charge is 0.0630 e. The summed E-state index contributed by atoms with van der Waals surface area (Å²) in [6.07, 6.45) is 1.33. The fraction of sp³-hybridized carbons (Fsp3) is 0.818. The second-order valence-electron chi connectivity index (χ2n) is 4.45. The van der Waals surface area contributed by atoms with Gasteiger partial charge in [-0.1, -0.05) is 45.8 Å². The van der Waals surface area contributed by atoms with Crippen LogP contribution in [0.25, 0.3) is 0 Å². The molecule has 11 heavy (non-hydrogen) atoms. The molecule has 0 aromatic rings. The summed E-state index contributed by atoms with van der Waals surface area (Å²) < 4.78 is 0. The maximum Gasteiger partial charge on any atom is -0.00129 e. The molecule has 0 bridgehead atoms. The molecule has 1 aliphatic rings. The number of hydrogen-bond donors (Lipinski definition) is 0. The van der Waals surface area contributed by atoms with Gasteiger partial charge in [-0.3, -0.25) is 0 Å². The smallest absolute Gasteiger partial charge is 0.00129 e. The highest BCUT2D eigenvalue weighted by Gasteiger charge is 2.33. The average Bonchev–Trinajstić information content (AvgIpc) is 2.40. The quantitative estimate of drug-likeness (QED) is 0.542. The summed E-state index contributed by atoms with van der Waals surface area (Å²) in [5, 5.41) is 0. The molecule has 64 valence electrons. The first kappa shape index (κ1) is 8.83. The van der Waals surface area contributed by atoms with Crippen molar-refractivity contribution in [1.29, 1.82) is 0 Å². The van der Waals surface area contributed by atoms with E-state index in [1.54, 1.807) is 11.1 Å². The highest BCUT2D eigenvalue weighted by molar-refractivity contribution is 5.41. The van der Waals surface area contributed by atoms with Crippen molar-refractivity contribution in [3.63, 3.8) is 0 Å². The van der Waals surface area contributed by atoms with Crippen LogP contribution in [-0.4, -0.2) is 0 Å². The van der Waals surface area contributed by atoms with Crippen molar-refractivity contribution < 1.29 is 0 Å². The Morgan fingerprint density at radius 2 is 1.73 bits per heavy atom. The zero-order chi connectivity index (χ0) is 8.59. The van der Waals surface area contributed by atoms with Gasteiger partial charge in [0.2, 0.25) is 0 Å². The van der Waals surface area contributed by atoms with Gasteiger partial charge >= 0.3 is 0 Å². The van der Waals surface area contributed by atoms with E-state index in [1.165, 1.54) is 6.42 Å². The monoisotopic (exact) mass is 152 g/mol. The topological polar surface area (TPSA) is 0 Å². The Morgan fingerprint density at radius 3 is 2.00 bits per heavy atom. The minimum atomic E-state index is 0.791. The van der Waals surface area contributed by atoms with Gasteiger partial charge in [0.1, 0.15) is 0 Å². The Balaban J connectivity index is 2.48. The third kappa shape index (κ3) is 1.85. The van der Waals surface area contributed by atoms with Crippen LogP contribution in [0, 0.1) is 17.8 Å². The average molecular weight is 152 g/mol. The Morgan fingerprint density at radius 1 is 1.18 bits per heavy atom. The highest BCUT2D eigenvalue weighted by Crippen LogP contribution is 2.46. The van der Waals surface area contributed by atoms with Gasteiger partial charge in [-0.05, 0) is 24.2 Å². The third-order valence-electron chi connectivity index (χ3n) is 2.53. The molecule has 0 saturated carbocycles. The van der Waals surface area contributed by atoms with Gasteiger partial charge in [-0.15, -0.1) is 0 Å². The van der Waals surface area contributed by atoms with Crippen LogP contribution in [0.2, 0.25) is 0 Å². The fourth-order valence-corrected chi connectivity index (χ4v) is 2.03. The normalized spacial score (nSPS) is 23.7. The predicted molar refractivity (Wildman–Crippen MR) is 50.5 cm³/mol. The molecule has 0 aromatic heterocycles. The van der Waals surface area contributed by atoms with E-state index in [4.69, 9.17) is 0 Å². The maximum atomic E-state index is 2.34. The van der Waals surface area contributed by atoms with E-state index in [0.717, 1.165) is 17.8 Å². The SMILES string of the molecule is CC(C)CC1=C(C(C)C)[C@@H]1C. The van der Waals surface area contributed by atoms with E-state index in [1.807, 2.05) is 0 Å². The molecule has 0 saturated heterocycles. The molecule has 0 spiro atoms. The van der Waals surface area contributed by atoms with Crippen LogP contribution in [0.4, 0.5) is 0 Å². The molecule has 0 amide bonds. The number of allylic oxidation sites excluding steroid dienone is 2. The van der Waals surface area contributed by atoms with Crippen molar-refractivity contribution in [2.45, 2.75) is 41.0 Å². The second kappa shape index (κ2) is 3.00. The van der Waals surface area contributed by atoms with E-state index in [-0.39, 0.29) is 0 Å². The minimum absolute atomic E-state index is 0.791. The van der Waals surface area contributed by atoms with Crippen molar-refractivity contribution in [2.24, 2.45) is 17.8 Å². The van der Waals surface area contributed by atoms with E-state index < -0.39 is 0 Å². The van der Waals surface area contributed by atoms with Crippen molar-refractivity contribution in [1.82, 2.24) is 0 Å². The molecule has 0 heterocycles. The van der Waals surface area contributed by atoms with Crippen LogP contribution in [0.3, 0.4) is 0 Å². The number of hydrogen-bond acceptors (Lipinski definition) is 0. The van der Waals surface area contributed by atoms with E-state index in [9.17, 15) is 0 Å². The maximum absolute atomic E-state index is 2.34. The molecule has 0 unspecified atom stereocenters. The Kier molecular flexibility index (Phi) is 2.41. The molecule has 0 N–H and O–H groups in total. The fourth-order valence-electron chi connectivity index (χ4n) is 2.03. The molecule has 0 fully saturated rings. The van der Waals surface area contributed by atoms with Gasteiger partial charge < -0.3 is 0 Å². The summed E-state index contributed by atoms with van der Waals surface area (Å²) in [6.45, 7) is 11.6. The summed E-state index contributed by atoms with van der Waals surface area (Å²) in [7, 11) is 0. The lowest BCUT2D eigenvalue weighted by Crippen LogP contribution is -1.85. The zero-order valence-corrected chi connectivity index (χ0v) is 8.44. The summed E-state index contributed by atoms with van der Waals surface area (Å²) in [5.41, 5.74) is 3.48. The molecule has 1 atom stereocenters. The van der Waals surface area contributed by atoms with Crippen LogP contribution >= 0.6 is 0 Å². The van der Waals surface area contributed by atoms with Crippen LogP contribution < -0.4 is 0 Å². The minimum Gasteiger partial charge on any atom is -0.0630 e. The molecule has 1 aliphatic carbocycles. The number of rotatable bonds is 3. The predicted octanol–water partition coefficient (Wildman–Crippen LogP) is 3.63. The molecule has 0 heteroatoms. The van der Waals surface area contributed by atoms with E-state index in [0.29, 0.717) is 0 Å². The summed E-state index contributed by atoms with van der Waals surface area (Å²) in [5.74, 6) is 2.47. The zero-order valence-electron chi connectivity index (χ0n) is 8.44. The molecule has 0 nitrogen and oxygen atoms in total. The second-order valence-corrected chi connectivity index (χ2v) is 4.45. The van der Waals surface area contributed by atoms with Crippen LogP contribution in [-0.2, 0) is 0 Å². The van der Waals surface area contributed by atoms with Gasteiger partial charge in [0.15, 0.2) is 0 Å². The molecule has 1 rings (SSSR count). The molecular formula is C11H20.